The highest BCUT2D eigenvalue weighted by Gasteiger charge is 2.11. The lowest BCUT2D eigenvalue weighted by molar-refractivity contribution is 0.824. The van der Waals surface area contributed by atoms with E-state index < -0.39 is 0 Å². The van der Waals surface area contributed by atoms with E-state index in [1.807, 2.05) is 6.07 Å². The van der Waals surface area contributed by atoms with Crippen LogP contribution in [0, 0.1) is 0 Å². The molecule has 2 aromatic carbocycles. The first-order chi connectivity index (χ1) is 13.7. The van der Waals surface area contributed by atoms with Crippen molar-refractivity contribution in [2.45, 2.75) is 79.1 Å². The molecule has 28 heavy (non-hydrogen) atoms. The average Bonchev–Trinajstić information content (AvgIpc) is 2.74. The first kappa shape index (κ1) is 22.1. The van der Waals surface area contributed by atoms with Crippen LogP contribution in [0.3, 0.4) is 0 Å². The Hall–Kier alpha value is -2.22. The Morgan fingerprint density at radius 1 is 0.643 bits per heavy atom. The largest absolute Gasteiger partial charge is 0.252 e. The number of unbranched alkanes of at least 4 members (excludes halogenated alkanes) is 2. The van der Waals surface area contributed by atoms with E-state index in [0.717, 1.165) is 61.3 Å². The molecule has 150 valence electrons. The minimum Gasteiger partial charge on any atom is -0.252 e. The van der Waals surface area contributed by atoms with Crippen molar-refractivity contribution in [2.24, 2.45) is 9.98 Å². The maximum Gasteiger partial charge on any atom is 0.0639 e. The number of aliphatic imine (C=N–C) groups is 2. The molecule has 2 aromatic rings. The summed E-state index contributed by atoms with van der Waals surface area (Å²) in [6.07, 6.45) is 8.69. The third-order valence-electron chi connectivity index (χ3n) is 5.01. The number of nitrogens with zero attached hydrogens (tertiary/aromatic N) is 2. The smallest absolute Gasteiger partial charge is 0.0639 e. The predicted octanol–water partition coefficient (Wildman–Crippen LogP) is 8.04. The number of hydrogen-bond acceptors (Lipinski definition) is 2. The fraction of sp³-hybridized carbons (Fsp3) is 0.462. The molecule has 2 nitrogen and oxygen atoms in total. The van der Waals surface area contributed by atoms with E-state index in [9.17, 15) is 0 Å². The van der Waals surface area contributed by atoms with Crippen LogP contribution >= 0.6 is 0 Å². The number of aryl methyl sites for hydroxylation is 2. The first-order valence-corrected chi connectivity index (χ1v) is 11.0. The maximum absolute atomic E-state index is 5.15. The molecule has 0 bridgehead atoms. The molecule has 0 amide bonds. The van der Waals surface area contributed by atoms with Crippen molar-refractivity contribution in [1.29, 1.82) is 0 Å². The zero-order valence-corrected chi connectivity index (χ0v) is 18.2. The maximum atomic E-state index is 5.15. The molecule has 0 aliphatic rings. The highest BCUT2D eigenvalue weighted by atomic mass is 14.8. The van der Waals surface area contributed by atoms with Gasteiger partial charge in [0.1, 0.15) is 0 Å². The molecule has 0 aliphatic heterocycles. The van der Waals surface area contributed by atoms with Gasteiger partial charge in [-0.15, -0.1) is 0 Å². The van der Waals surface area contributed by atoms with Crippen LogP contribution < -0.4 is 0 Å². The minimum absolute atomic E-state index is 0.988. The molecule has 0 N–H and O–H groups in total. The van der Waals surface area contributed by atoms with Gasteiger partial charge in [0.15, 0.2) is 0 Å². The second-order valence-corrected chi connectivity index (χ2v) is 7.37. The van der Waals surface area contributed by atoms with Crippen molar-refractivity contribution in [3.05, 3.63) is 59.7 Å². The van der Waals surface area contributed by atoms with Gasteiger partial charge in [0, 0.05) is 0 Å². The summed E-state index contributed by atoms with van der Waals surface area (Å²) in [7, 11) is 0. The van der Waals surface area contributed by atoms with Crippen molar-refractivity contribution in [2.75, 3.05) is 0 Å². The zero-order chi connectivity index (χ0) is 20.2. The molecule has 0 unspecified atom stereocenters. The van der Waals surface area contributed by atoms with Crippen molar-refractivity contribution >= 4 is 22.8 Å². The molecule has 0 spiro atoms. The quantitative estimate of drug-likeness (QED) is 0.354. The van der Waals surface area contributed by atoms with E-state index in [-0.39, 0.29) is 0 Å². The summed E-state index contributed by atoms with van der Waals surface area (Å²) in [4.78, 5) is 10.2. The Morgan fingerprint density at radius 2 is 1.14 bits per heavy atom. The summed E-state index contributed by atoms with van der Waals surface area (Å²) in [5, 5.41) is 0. The number of rotatable bonds is 11. The second kappa shape index (κ2) is 12.3. The van der Waals surface area contributed by atoms with Gasteiger partial charge in [-0.1, -0.05) is 64.8 Å². The Bertz CT molecular complexity index is 750. The third kappa shape index (κ3) is 7.07. The fourth-order valence-corrected chi connectivity index (χ4v) is 3.25. The number of hydrogen-bond donors (Lipinski definition) is 0. The highest BCUT2D eigenvalue weighted by Crippen LogP contribution is 2.22. The standard InChI is InChI=1S/C26H36N2/c1-5-9-16-25(27-23-14-12-11-13-15-23)26(17-10-6-2)28-24-19-21(7-3)18-22(8-4)20-24/h11-15,18-20H,5-10,16-17H2,1-4H3. The summed E-state index contributed by atoms with van der Waals surface area (Å²) in [6.45, 7) is 8.90. The molecule has 2 heteroatoms. The Balaban J connectivity index is 2.48. The molecule has 0 radical (unpaired) electrons. The molecule has 2 rings (SSSR count). The minimum atomic E-state index is 0.988. The van der Waals surface area contributed by atoms with Crippen LogP contribution in [0.1, 0.15) is 77.3 Å². The second-order valence-electron chi connectivity index (χ2n) is 7.37. The van der Waals surface area contributed by atoms with Crippen LogP contribution in [0.15, 0.2) is 58.5 Å². The molecular weight excluding hydrogens is 340 g/mol. The van der Waals surface area contributed by atoms with Crippen molar-refractivity contribution < 1.29 is 0 Å². The van der Waals surface area contributed by atoms with E-state index in [4.69, 9.17) is 9.98 Å². The highest BCUT2D eigenvalue weighted by molar-refractivity contribution is 6.43. The predicted molar refractivity (Wildman–Crippen MR) is 125 cm³/mol. The van der Waals surface area contributed by atoms with E-state index in [1.54, 1.807) is 0 Å². The summed E-state index contributed by atoms with van der Waals surface area (Å²) in [5.41, 5.74) is 7.15. The summed E-state index contributed by atoms with van der Waals surface area (Å²) in [6, 6.07) is 17.1. The van der Waals surface area contributed by atoms with Gasteiger partial charge in [-0.25, -0.2) is 0 Å². The van der Waals surface area contributed by atoms with Gasteiger partial charge >= 0.3 is 0 Å². The normalized spacial score (nSPS) is 12.4. The molecule has 0 aliphatic carbocycles. The van der Waals surface area contributed by atoms with Crippen LogP contribution in [-0.2, 0) is 12.8 Å². The van der Waals surface area contributed by atoms with Crippen molar-refractivity contribution in [3.8, 4) is 0 Å². The zero-order valence-electron chi connectivity index (χ0n) is 18.2. The molecule has 0 fully saturated rings. The number of benzene rings is 2. The summed E-state index contributed by atoms with van der Waals surface area (Å²) >= 11 is 0. The van der Waals surface area contributed by atoms with E-state index in [0.29, 0.717) is 0 Å². The molecule has 0 heterocycles. The third-order valence-corrected chi connectivity index (χ3v) is 5.01. The molecule has 0 saturated heterocycles. The van der Waals surface area contributed by atoms with Gasteiger partial charge in [-0.3, -0.25) is 9.98 Å². The lowest BCUT2D eigenvalue weighted by Gasteiger charge is -2.12. The van der Waals surface area contributed by atoms with Crippen LogP contribution in [0.2, 0.25) is 0 Å². The van der Waals surface area contributed by atoms with Crippen molar-refractivity contribution in [3.63, 3.8) is 0 Å². The number of para-hydroxylation sites is 1. The van der Waals surface area contributed by atoms with Gasteiger partial charge in [-0.05, 0) is 73.9 Å². The Morgan fingerprint density at radius 3 is 1.61 bits per heavy atom. The van der Waals surface area contributed by atoms with Crippen LogP contribution in [0.5, 0.6) is 0 Å². The van der Waals surface area contributed by atoms with E-state index >= 15 is 0 Å². The summed E-state index contributed by atoms with van der Waals surface area (Å²) < 4.78 is 0. The van der Waals surface area contributed by atoms with Gasteiger partial charge in [-0.2, -0.15) is 0 Å². The lowest BCUT2D eigenvalue weighted by atomic mass is 10.0. The fourth-order valence-electron chi connectivity index (χ4n) is 3.25. The lowest BCUT2D eigenvalue weighted by Crippen LogP contribution is -2.14. The molecular formula is C26H36N2. The molecule has 0 atom stereocenters. The van der Waals surface area contributed by atoms with Crippen LogP contribution in [0.4, 0.5) is 11.4 Å². The molecule has 0 saturated carbocycles. The van der Waals surface area contributed by atoms with Gasteiger partial charge in [0.2, 0.25) is 0 Å². The monoisotopic (exact) mass is 376 g/mol. The Labute approximate surface area is 171 Å². The van der Waals surface area contributed by atoms with Gasteiger partial charge in [0.25, 0.3) is 0 Å². The topological polar surface area (TPSA) is 24.7 Å². The Kier molecular flexibility index (Phi) is 9.68. The average molecular weight is 377 g/mol. The van der Waals surface area contributed by atoms with E-state index in [1.165, 1.54) is 24.0 Å². The SMILES string of the molecule is CCCCC(=Nc1ccccc1)C(CCCC)=Nc1cc(CC)cc(CC)c1. The molecule has 0 aromatic heterocycles. The summed E-state index contributed by atoms with van der Waals surface area (Å²) in [5.74, 6) is 0. The van der Waals surface area contributed by atoms with Gasteiger partial charge in [0.05, 0.1) is 22.8 Å². The van der Waals surface area contributed by atoms with Crippen molar-refractivity contribution in [1.82, 2.24) is 0 Å². The van der Waals surface area contributed by atoms with Crippen LogP contribution in [-0.4, -0.2) is 11.4 Å². The van der Waals surface area contributed by atoms with Crippen LogP contribution in [0.25, 0.3) is 0 Å². The first-order valence-electron chi connectivity index (χ1n) is 11.0. The van der Waals surface area contributed by atoms with Gasteiger partial charge < -0.3 is 0 Å². The van der Waals surface area contributed by atoms with E-state index in [2.05, 4.69) is 70.2 Å².